The van der Waals surface area contributed by atoms with E-state index in [0.29, 0.717) is 6.16 Å². The summed E-state index contributed by atoms with van der Waals surface area (Å²) in [7, 11) is -2.98. The van der Waals surface area contributed by atoms with Crippen molar-refractivity contribution in [1.29, 1.82) is 0 Å². The van der Waals surface area contributed by atoms with E-state index in [2.05, 4.69) is 0 Å². The lowest BCUT2D eigenvalue weighted by Crippen LogP contribution is -1.73. The summed E-state index contributed by atoms with van der Waals surface area (Å²) in [6.07, 6.45) is 2.40. The molecule has 0 aromatic heterocycles. The highest BCUT2D eigenvalue weighted by molar-refractivity contribution is 7.37. The molecule has 4 nitrogen and oxygen atoms in total. The van der Waals surface area contributed by atoms with E-state index in [1.165, 1.54) is 0 Å². The Morgan fingerprint density at radius 3 is 2.10 bits per heavy atom. The Bertz CT molecular complexity index is 95.3. The zero-order valence-electron chi connectivity index (χ0n) is 5.78. The number of unbranched alkanes of at least 4 members (excludes halogenated alkanes) is 1. The van der Waals surface area contributed by atoms with Crippen molar-refractivity contribution in [3.05, 3.63) is 0 Å². The number of rotatable bonds is 3. The molecule has 0 fully saturated rings. The van der Waals surface area contributed by atoms with Gasteiger partial charge in [0.15, 0.2) is 8.03 Å². The van der Waals surface area contributed by atoms with Crippen LogP contribution in [-0.2, 0) is 9.13 Å². The van der Waals surface area contributed by atoms with Crippen LogP contribution in [0.25, 0.3) is 0 Å². The van der Waals surface area contributed by atoms with Crippen LogP contribution in [-0.4, -0.2) is 15.9 Å². The third-order valence-electron chi connectivity index (χ3n) is 0.744. The van der Waals surface area contributed by atoms with Crippen molar-refractivity contribution in [3.63, 3.8) is 0 Å². The first-order valence-corrected chi connectivity index (χ1v) is 5.20. The van der Waals surface area contributed by atoms with Gasteiger partial charge in [0.05, 0.1) is 0 Å². The van der Waals surface area contributed by atoms with Gasteiger partial charge in [-0.05, 0) is 6.42 Å². The highest BCUT2D eigenvalue weighted by Crippen LogP contribution is 2.13. The topological polar surface area (TPSA) is 74.6 Å². The van der Waals surface area contributed by atoms with Gasteiger partial charge in [-0.25, -0.2) is 4.57 Å². The van der Waals surface area contributed by atoms with Crippen LogP contribution >= 0.6 is 16.7 Å². The van der Waals surface area contributed by atoms with E-state index in [9.17, 15) is 4.57 Å². The van der Waals surface area contributed by atoms with Crippen molar-refractivity contribution in [2.24, 2.45) is 0 Å². The standard InChI is InChI=1S/C4H11O2P.HO2P/c1-2-3-4-7(5)6;1-3-2/h7H,2-4H2,1H3,(H,5,6);(H,1,2). The summed E-state index contributed by atoms with van der Waals surface area (Å²) in [4.78, 5) is 15.2. The Hall–Kier alpha value is 0.250. The lowest BCUT2D eigenvalue weighted by Gasteiger charge is -1.87. The van der Waals surface area contributed by atoms with Gasteiger partial charge in [-0.1, -0.05) is 13.3 Å². The van der Waals surface area contributed by atoms with E-state index >= 15 is 0 Å². The molecule has 0 aromatic carbocycles. The van der Waals surface area contributed by atoms with Crippen LogP contribution in [0, 0.1) is 0 Å². The Labute approximate surface area is 62.4 Å². The Balaban J connectivity index is 0. The van der Waals surface area contributed by atoms with Gasteiger partial charge in [-0.15, -0.1) is 0 Å². The Morgan fingerprint density at radius 1 is 1.60 bits per heavy atom. The molecule has 6 heteroatoms. The first-order valence-electron chi connectivity index (χ1n) is 2.87. The molecular formula is C4H12O4P2. The number of hydrogen-bond donors (Lipinski definition) is 2. The molecule has 0 saturated heterocycles. The van der Waals surface area contributed by atoms with E-state index in [1.807, 2.05) is 6.92 Å². The monoisotopic (exact) mass is 186 g/mol. The molecule has 0 aliphatic carbocycles. The second-order valence-electron chi connectivity index (χ2n) is 1.58. The van der Waals surface area contributed by atoms with Crippen LogP contribution < -0.4 is 0 Å². The summed E-state index contributed by atoms with van der Waals surface area (Å²) in [5.74, 6) is 0. The summed E-state index contributed by atoms with van der Waals surface area (Å²) in [5.41, 5.74) is 0. The first kappa shape index (κ1) is 12.9. The minimum atomic E-state index is -2.15. The van der Waals surface area contributed by atoms with E-state index in [-0.39, 0.29) is 0 Å². The smallest absolute Gasteiger partial charge is 0.324 e. The Morgan fingerprint density at radius 2 is 2.00 bits per heavy atom. The summed E-state index contributed by atoms with van der Waals surface area (Å²) in [6.45, 7) is 2.00. The molecule has 0 saturated carbocycles. The lowest BCUT2D eigenvalue weighted by molar-refractivity contribution is 0.501. The van der Waals surface area contributed by atoms with Gasteiger partial charge in [-0.2, -0.15) is 0 Å². The first-order chi connectivity index (χ1) is 4.68. The van der Waals surface area contributed by atoms with E-state index in [1.54, 1.807) is 0 Å². The molecule has 1 atom stereocenters. The second kappa shape index (κ2) is 12.0. The quantitative estimate of drug-likeness (QED) is 0.654. The summed E-state index contributed by atoms with van der Waals surface area (Å²) < 4.78 is 18.4. The fourth-order valence-corrected chi connectivity index (χ4v) is 0.984. The van der Waals surface area contributed by atoms with Crippen LogP contribution in [0.1, 0.15) is 19.8 Å². The van der Waals surface area contributed by atoms with Gasteiger partial charge in [0.1, 0.15) is 0 Å². The normalized spacial score (nSPS) is 11.9. The van der Waals surface area contributed by atoms with E-state index in [0.717, 1.165) is 12.8 Å². The van der Waals surface area contributed by atoms with Gasteiger partial charge in [0.2, 0.25) is 0 Å². The van der Waals surface area contributed by atoms with Gasteiger partial charge in [0.25, 0.3) is 0 Å². The molecule has 0 aromatic rings. The van der Waals surface area contributed by atoms with Gasteiger partial charge >= 0.3 is 8.69 Å². The average molecular weight is 186 g/mol. The second-order valence-corrected chi connectivity index (χ2v) is 3.03. The zero-order valence-corrected chi connectivity index (χ0v) is 7.67. The maximum absolute atomic E-state index is 9.94. The van der Waals surface area contributed by atoms with Crippen molar-refractivity contribution < 1.29 is 18.9 Å². The highest BCUT2D eigenvalue weighted by atomic mass is 31.1. The van der Waals surface area contributed by atoms with Crippen LogP contribution in [0.4, 0.5) is 0 Å². The molecule has 0 aliphatic rings. The molecular weight excluding hydrogens is 174 g/mol. The average Bonchev–Trinajstić information content (AvgIpc) is 1.85. The van der Waals surface area contributed by atoms with Crippen molar-refractivity contribution in [1.82, 2.24) is 0 Å². The van der Waals surface area contributed by atoms with Crippen LogP contribution in [0.2, 0.25) is 0 Å². The predicted octanol–water partition coefficient (Wildman–Crippen LogP) is 1.44. The van der Waals surface area contributed by atoms with Crippen LogP contribution in [0.5, 0.6) is 0 Å². The summed E-state index contributed by atoms with van der Waals surface area (Å²) in [6, 6.07) is 0. The largest absolute Gasteiger partial charge is 0.346 e. The molecule has 0 radical (unpaired) electrons. The molecule has 1 unspecified atom stereocenters. The van der Waals surface area contributed by atoms with Crippen molar-refractivity contribution in [2.75, 3.05) is 6.16 Å². The predicted molar refractivity (Wildman–Crippen MR) is 40.8 cm³/mol. The third-order valence-corrected chi connectivity index (χ3v) is 1.53. The van der Waals surface area contributed by atoms with Gasteiger partial charge < -0.3 is 9.79 Å². The van der Waals surface area contributed by atoms with Crippen molar-refractivity contribution >= 4 is 16.7 Å². The van der Waals surface area contributed by atoms with Crippen LogP contribution in [0.15, 0.2) is 0 Å². The van der Waals surface area contributed by atoms with Crippen molar-refractivity contribution in [2.45, 2.75) is 19.8 Å². The molecule has 0 bridgehead atoms. The molecule has 2 N–H and O–H groups in total. The van der Waals surface area contributed by atoms with E-state index < -0.39 is 16.7 Å². The van der Waals surface area contributed by atoms with Crippen LogP contribution in [0.3, 0.4) is 0 Å². The van der Waals surface area contributed by atoms with Crippen molar-refractivity contribution in [3.8, 4) is 0 Å². The zero-order chi connectivity index (χ0) is 8.41. The molecule has 0 spiro atoms. The third kappa shape index (κ3) is 24.0. The molecule has 10 heavy (non-hydrogen) atoms. The van der Waals surface area contributed by atoms with Gasteiger partial charge in [-0.3, -0.25) is 4.57 Å². The minimum Gasteiger partial charge on any atom is -0.346 e. The molecule has 0 rings (SSSR count). The fraction of sp³-hybridized carbons (Fsp3) is 1.00. The minimum absolute atomic E-state index is 0.501. The maximum atomic E-state index is 9.94. The lowest BCUT2D eigenvalue weighted by atomic mass is 10.4. The molecule has 0 amide bonds. The summed E-state index contributed by atoms with van der Waals surface area (Å²) >= 11 is 0. The maximum Gasteiger partial charge on any atom is 0.324 e. The molecule has 0 aliphatic heterocycles. The highest BCUT2D eigenvalue weighted by Gasteiger charge is 1.87. The SMILES string of the molecule is CCCC[PH](=O)O.O=PO. The Kier molecular flexibility index (Phi) is 15.4. The molecule has 62 valence electrons. The van der Waals surface area contributed by atoms with E-state index in [4.69, 9.17) is 14.4 Å². The number of hydrogen-bond acceptors (Lipinski definition) is 2. The van der Waals surface area contributed by atoms with Gasteiger partial charge in [0, 0.05) is 6.16 Å². The molecule has 0 heterocycles. The summed E-state index contributed by atoms with van der Waals surface area (Å²) in [5, 5.41) is 0. The fourth-order valence-electron chi connectivity index (χ4n) is 0.328.